The van der Waals surface area contributed by atoms with E-state index >= 15 is 0 Å². The van der Waals surface area contributed by atoms with Crippen LogP contribution in [0.4, 0.5) is 4.79 Å². The zero-order valence-electron chi connectivity index (χ0n) is 12.3. The van der Waals surface area contributed by atoms with Gasteiger partial charge in [0.2, 0.25) is 0 Å². The molecule has 1 aliphatic heterocycles. The van der Waals surface area contributed by atoms with Crippen molar-refractivity contribution in [3.63, 3.8) is 0 Å². The van der Waals surface area contributed by atoms with Crippen molar-refractivity contribution in [3.8, 4) is 0 Å². The molecule has 3 heterocycles. The van der Waals surface area contributed by atoms with Gasteiger partial charge >= 0.3 is 6.03 Å². The molecule has 1 fully saturated rings. The molecule has 0 saturated carbocycles. The van der Waals surface area contributed by atoms with E-state index in [4.69, 9.17) is 11.6 Å². The van der Waals surface area contributed by atoms with Gasteiger partial charge < -0.3 is 10.2 Å². The number of carbonyl (C=O) groups excluding carboxylic acids is 1. The summed E-state index contributed by atoms with van der Waals surface area (Å²) in [7, 11) is 0. The molecule has 2 aromatic heterocycles. The molecule has 1 atom stereocenters. The molecule has 1 aliphatic rings. The van der Waals surface area contributed by atoms with Crippen LogP contribution in [-0.2, 0) is 13.0 Å². The zero-order chi connectivity index (χ0) is 15.5. The summed E-state index contributed by atoms with van der Waals surface area (Å²) in [5.41, 5.74) is 0. The van der Waals surface area contributed by atoms with Crippen LogP contribution in [0.1, 0.15) is 31.0 Å². The summed E-state index contributed by atoms with van der Waals surface area (Å²) in [5, 5.41) is 14.5. The van der Waals surface area contributed by atoms with Gasteiger partial charge in [-0.1, -0.05) is 18.5 Å². The van der Waals surface area contributed by atoms with Crippen molar-refractivity contribution in [2.24, 2.45) is 0 Å². The van der Waals surface area contributed by atoms with Gasteiger partial charge in [0.15, 0.2) is 5.82 Å². The van der Waals surface area contributed by atoms with Crippen molar-refractivity contribution in [1.82, 2.24) is 35.2 Å². The van der Waals surface area contributed by atoms with E-state index in [1.807, 2.05) is 11.6 Å². The summed E-state index contributed by atoms with van der Waals surface area (Å²) >= 11 is 5.88. The van der Waals surface area contributed by atoms with E-state index in [1.165, 1.54) is 0 Å². The quantitative estimate of drug-likeness (QED) is 0.889. The highest BCUT2D eigenvalue weighted by Gasteiger charge is 2.27. The Hall–Kier alpha value is -2.09. The van der Waals surface area contributed by atoms with Crippen molar-refractivity contribution < 1.29 is 4.79 Å². The number of halogens is 1. The van der Waals surface area contributed by atoms with Gasteiger partial charge in [0.25, 0.3) is 0 Å². The Balaban J connectivity index is 1.51. The molecule has 2 aromatic rings. The number of aryl methyl sites for hydroxylation is 1. The van der Waals surface area contributed by atoms with Crippen molar-refractivity contribution in [3.05, 3.63) is 29.1 Å². The summed E-state index contributed by atoms with van der Waals surface area (Å²) in [6.07, 6.45) is 5.03. The molecule has 0 bridgehead atoms. The molecule has 0 aromatic carbocycles. The van der Waals surface area contributed by atoms with E-state index in [1.54, 1.807) is 17.3 Å². The van der Waals surface area contributed by atoms with Crippen LogP contribution in [0.2, 0.25) is 5.02 Å². The lowest BCUT2D eigenvalue weighted by Gasteiger charge is -2.17. The second-order valence-corrected chi connectivity index (χ2v) is 5.67. The molecule has 0 spiro atoms. The largest absolute Gasteiger partial charge is 0.331 e. The molecular formula is C13H18ClN7O. The maximum Gasteiger partial charge on any atom is 0.317 e. The molecular weight excluding hydrogens is 306 g/mol. The number of likely N-dealkylation sites (tertiary alicyclic amines) is 1. The molecule has 118 valence electrons. The maximum atomic E-state index is 12.2. The fourth-order valence-corrected chi connectivity index (χ4v) is 2.64. The minimum atomic E-state index is -0.102. The van der Waals surface area contributed by atoms with Crippen molar-refractivity contribution >= 4 is 17.6 Å². The number of aromatic amines is 1. The topological polar surface area (TPSA) is 91.7 Å². The van der Waals surface area contributed by atoms with Gasteiger partial charge in [0, 0.05) is 25.7 Å². The van der Waals surface area contributed by atoms with Crippen LogP contribution in [0.25, 0.3) is 0 Å². The van der Waals surface area contributed by atoms with Crippen molar-refractivity contribution in [1.29, 1.82) is 0 Å². The molecule has 0 radical (unpaired) electrons. The van der Waals surface area contributed by atoms with Gasteiger partial charge in [-0.05, 0) is 6.42 Å². The van der Waals surface area contributed by atoms with Gasteiger partial charge in [-0.25, -0.2) is 9.78 Å². The van der Waals surface area contributed by atoms with Crippen LogP contribution in [0, 0.1) is 0 Å². The molecule has 22 heavy (non-hydrogen) atoms. The summed E-state index contributed by atoms with van der Waals surface area (Å²) in [6, 6.07) is 0.0745. The number of aromatic nitrogens is 5. The number of nitrogens with zero attached hydrogens (tertiary/aromatic N) is 5. The first-order chi connectivity index (χ1) is 10.7. The molecule has 1 saturated heterocycles. The minimum Gasteiger partial charge on any atom is -0.331 e. The average molecular weight is 324 g/mol. The van der Waals surface area contributed by atoms with E-state index in [0.717, 1.165) is 18.7 Å². The van der Waals surface area contributed by atoms with Gasteiger partial charge in [-0.3, -0.25) is 9.78 Å². The van der Waals surface area contributed by atoms with E-state index in [2.05, 4.69) is 25.6 Å². The fraction of sp³-hybridized carbons (Fsp3) is 0.538. The van der Waals surface area contributed by atoms with Gasteiger partial charge in [0.05, 0.1) is 23.8 Å². The first-order valence-electron chi connectivity index (χ1n) is 7.28. The first-order valence-corrected chi connectivity index (χ1v) is 7.66. The zero-order valence-corrected chi connectivity index (χ0v) is 13.0. The Bertz CT molecular complexity index is 652. The van der Waals surface area contributed by atoms with Gasteiger partial charge in [-0.15, -0.1) is 0 Å². The average Bonchev–Trinajstić information content (AvgIpc) is 3.24. The first kappa shape index (κ1) is 14.8. The summed E-state index contributed by atoms with van der Waals surface area (Å²) < 4.78 is 1.82. The molecule has 2 N–H and O–H groups in total. The summed E-state index contributed by atoms with van der Waals surface area (Å²) in [6.45, 7) is 3.66. The number of urea groups is 1. The smallest absolute Gasteiger partial charge is 0.317 e. The summed E-state index contributed by atoms with van der Waals surface area (Å²) in [4.78, 5) is 18.2. The Labute approximate surface area is 132 Å². The second kappa shape index (κ2) is 6.35. The highest BCUT2D eigenvalue weighted by atomic mass is 35.5. The lowest BCUT2D eigenvalue weighted by molar-refractivity contribution is 0.206. The lowest BCUT2D eigenvalue weighted by atomic mass is 10.3. The predicted octanol–water partition coefficient (Wildman–Crippen LogP) is 1.37. The second-order valence-electron chi connectivity index (χ2n) is 5.24. The number of nitrogens with one attached hydrogen (secondary N) is 2. The number of carbonyl (C=O) groups is 1. The Kier molecular flexibility index (Phi) is 4.28. The molecule has 3 rings (SSSR count). The van der Waals surface area contributed by atoms with E-state index in [0.29, 0.717) is 30.5 Å². The third-order valence-electron chi connectivity index (χ3n) is 3.70. The molecule has 1 unspecified atom stereocenters. The number of rotatable bonds is 4. The van der Waals surface area contributed by atoms with Crippen LogP contribution < -0.4 is 5.32 Å². The fourth-order valence-electron chi connectivity index (χ4n) is 2.50. The predicted molar refractivity (Wildman–Crippen MR) is 80.5 cm³/mol. The normalized spacial score (nSPS) is 17.9. The standard InChI is InChI=1S/C13H18ClN7O/c1-2-11-17-12(19-18-11)6-15-13(22)20-4-3-10(8-20)21-7-9(14)5-16-21/h5,7,10H,2-4,6,8H2,1H3,(H,15,22)(H,17,18,19). The van der Waals surface area contributed by atoms with Crippen molar-refractivity contribution in [2.75, 3.05) is 13.1 Å². The van der Waals surface area contributed by atoms with Gasteiger partial charge in [0.1, 0.15) is 5.82 Å². The van der Waals surface area contributed by atoms with Crippen LogP contribution in [0.3, 0.4) is 0 Å². The Morgan fingerprint density at radius 1 is 1.59 bits per heavy atom. The number of H-pyrrole nitrogens is 1. The van der Waals surface area contributed by atoms with E-state index in [-0.39, 0.29) is 12.1 Å². The molecule has 9 heteroatoms. The molecule has 0 aliphatic carbocycles. The Morgan fingerprint density at radius 2 is 2.45 bits per heavy atom. The Morgan fingerprint density at radius 3 is 3.14 bits per heavy atom. The van der Waals surface area contributed by atoms with E-state index in [9.17, 15) is 4.79 Å². The SMILES string of the molecule is CCc1n[nH]c(CNC(=O)N2CCC(n3cc(Cl)cn3)C2)n1. The van der Waals surface area contributed by atoms with Crippen LogP contribution in [0.5, 0.6) is 0 Å². The maximum absolute atomic E-state index is 12.2. The number of amides is 2. The van der Waals surface area contributed by atoms with E-state index < -0.39 is 0 Å². The number of hydrogen-bond donors (Lipinski definition) is 2. The minimum absolute atomic E-state index is 0.102. The number of hydrogen-bond acceptors (Lipinski definition) is 4. The molecule has 2 amide bonds. The third kappa shape index (κ3) is 3.22. The highest BCUT2D eigenvalue weighted by molar-refractivity contribution is 6.30. The van der Waals surface area contributed by atoms with Crippen LogP contribution in [-0.4, -0.2) is 49.0 Å². The van der Waals surface area contributed by atoms with Crippen LogP contribution >= 0.6 is 11.6 Å². The highest BCUT2D eigenvalue weighted by Crippen LogP contribution is 2.22. The third-order valence-corrected chi connectivity index (χ3v) is 3.89. The lowest BCUT2D eigenvalue weighted by Crippen LogP contribution is -2.38. The molecule has 8 nitrogen and oxygen atoms in total. The van der Waals surface area contributed by atoms with Crippen LogP contribution in [0.15, 0.2) is 12.4 Å². The van der Waals surface area contributed by atoms with Gasteiger partial charge in [-0.2, -0.15) is 10.2 Å². The van der Waals surface area contributed by atoms with Crippen molar-refractivity contribution in [2.45, 2.75) is 32.4 Å². The summed E-state index contributed by atoms with van der Waals surface area (Å²) in [5.74, 6) is 1.42. The monoisotopic (exact) mass is 323 g/mol.